The number of nitrogens with zero attached hydrogens (tertiary/aromatic N) is 1. The Balaban J connectivity index is 1.49. The Bertz CT molecular complexity index is 914. The number of rotatable bonds is 3. The van der Waals surface area contributed by atoms with Crippen LogP contribution < -0.4 is 14.9 Å². The normalized spacial score (nSPS) is 12.9. The number of nitrogens with one attached hydrogen (secondary N) is 2. The van der Waals surface area contributed by atoms with Crippen molar-refractivity contribution in [3.63, 3.8) is 0 Å². The van der Waals surface area contributed by atoms with Gasteiger partial charge in [0, 0.05) is 17.1 Å². The van der Waals surface area contributed by atoms with Gasteiger partial charge in [-0.3, -0.25) is 4.79 Å². The Morgan fingerprint density at radius 3 is 3.00 bits per heavy atom. The number of fused-ring (bicyclic) bond motifs is 2. The van der Waals surface area contributed by atoms with Gasteiger partial charge in [-0.2, -0.15) is 5.10 Å². The predicted molar refractivity (Wildman–Crippen MR) is 85.9 cm³/mol. The molecule has 0 aliphatic carbocycles. The smallest absolute Gasteiger partial charge is 0.273 e. The molecule has 1 aliphatic heterocycles. The second-order valence-corrected chi connectivity index (χ2v) is 5.06. The second kappa shape index (κ2) is 5.49. The van der Waals surface area contributed by atoms with Gasteiger partial charge in [-0.05, 0) is 29.8 Å². The quantitative estimate of drug-likeness (QED) is 0.577. The lowest BCUT2D eigenvalue weighted by Crippen LogP contribution is -2.17. The van der Waals surface area contributed by atoms with E-state index in [1.165, 1.54) is 0 Å². The van der Waals surface area contributed by atoms with Gasteiger partial charge in [0.05, 0.1) is 11.8 Å². The second-order valence-electron chi connectivity index (χ2n) is 5.06. The molecule has 6 heteroatoms. The fraction of sp³-hybridized carbons (Fsp3) is 0.0588. The van der Waals surface area contributed by atoms with Crippen molar-refractivity contribution in [1.82, 2.24) is 10.4 Å². The van der Waals surface area contributed by atoms with E-state index in [4.69, 9.17) is 9.47 Å². The number of carbonyl (C=O) groups excluding carboxylic acids is 1. The van der Waals surface area contributed by atoms with Crippen LogP contribution in [-0.4, -0.2) is 23.9 Å². The van der Waals surface area contributed by atoms with Gasteiger partial charge in [0.2, 0.25) is 6.79 Å². The topological polar surface area (TPSA) is 75.7 Å². The number of para-hydroxylation sites is 1. The first-order valence-corrected chi connectivity index (χ1v) is 7.10. The fourth-order valence-electron chi connectivity index (χ4n) is 2.48. The number of carbonyl (C=O) groups is 1. The van der Waals surface area contributed by atoms with Crippen molar-refractivity contribution in [3.8, 4) is 11.5 Å². The first-order chi connectivity index (χ1) is 11.3. The van der Waals surface area contributed by atoms with E-state index in [1.54, 1.807) is 12.4 Å². The zero-order chi connectivity index (χ0) is 15.6. The molecule has 4 rings (SSSR count). The molecule has 114 valence electrons. The highest BCUT2D eigenvalue weighted by molar-refractivity contribution is 6.06. The van der Waals surface area contributed by atoms with Crippen LogP contribution in [0.2, 0.25) is 0 Å². The highest BCUT2D eigenvalue weighted by Gasteiger charge is 2.13. The van der Waals surface area contributed by atoms with E-state index < -0.39 is 0 Å². The molecule has 0 saturated carbocycles. The lowest BCUT2D eigenvalue weighted by atomic mass is 10.2. The van der Waals surface area contributed by atoms with Crippen molar-refractivity contribution in [1.29, 1.82) is 0 Å². The van der Waals surface area contributed by atoms with Crippen LogP contribution in [0, 0.1) is 0 Å². The van der Waals surface area contributed by atoms with E-state index in [0.29, 0.717) is 17.1 Å². The lowest BCUT2D eigenvalue weighted by Gasteiger charge is -1.99. The molecule has 6 nitrogen and oxygen atoms in total. The average molecular weight is 307 g/mol. The van der Waals surface area contributed by atoms with Gasteiger partial charge in [0.15, 0.2) is 11.5 Å². The van der Waals surface area contributed by atoms with Crippen LogP contribution in [0.3, 0.4) is 0 Å². The van der Waals surface area contributed by atoms with E-state index in [9.17, 15) is 4.79 Å². The Morgan fingerprint density at radius 2 is 2.04 bits per heavy atom. The molecule has 1 aliphatic rings. The van der Waals surface area contributed by atoms with E-state index in [0.717, 1.165) is 16.5 Å². The minimum absolute atomic E-state index is 0.229. The lowest BCUT2D eigenvalue weighted by molar-refractivity contribution is 0.0957. The minimum Gasteiger partial charge on any atom is -0.454 e. The van der Waals surface area contributed by atoms with Crippen molar-refractivity contribution in [2.45, 2.75) is 0 Å². The third-order valence-corrected chi connectivity index (χ3v) is 3.61. The first kappa shape index (κ1) is 13.4. The molecule has 23 heavy (non-hydrogen) atoms. The molecule has 0 fully saturated rings. The number of hydrazone groups is 1. The third-order valence-electron chi connectivity index (χ3n) is 3.61. The van der Waals surface area contributed by atoms with Gasteiger partial charge < -0.3 is 14.5 Å². The largest absolute Gasteiger partial charge is 0.454 e. The Labute approximate surface area is 131 Å². The number of hydrogen-bond acceptors (Lipinski definition) is 4. The molecular weight excluding hydrogens is 294 g/mol. The fourth-order valence-corrected chi connectivity index (χ4v) is 2.48. The van der Waals surface area contributed by atoms with E-state index >= 15 is 0 Å². The molecule has 0 atom stereocenters. The molecule has 0 unspecified atom stereocenters. The standard InChI is InChI=1S/C17H13N3O3/c21-17(13-9-18-14-4-2-1-3-12(13)14)20-19-8-11-5-6-15-16(7-11)23-10-22-15/h1-9,18H,10H2,(H,20,21)/b19-8+. The summed E-state index contributed by atoms with van der Waals surface area (Å²) < 4.78 is 10.5. The maximum atomic E-state index is 12.2. The predicted octanol–water partition coefficient (Wildman–Crippen LogP) is 2.66. The molecule has 2 N–H and O–H groups in total. The first-order valence-electron chi connectivity index (χ1n) is 7.10. The van der Waals surface area contributed by atoms with Gasteiger partial charge in [0.25, 0.3) is 5.91 Å². The van der Waals surface area contributed by atoms with E-state index in [1.807, 2.05) is 42.5 Å². The number of amides is 1. The summed E-state index contributed by atoms with van der Waals surface area (Å²) in [6.07, 6.45) is 3.24. The molecule has 0 radical (unpaired) electrons. The van der Waals surface area contributed by atoms with Crippen LogP contribution in [-0.2, 0) is 0 Å². The number of ether oxygens (including phenoxy) is 2. The van der Waals surface area contributed by atoms with Crippen molar-refractivity contribution in [2.24, 2.45) is 5.10 Å². The summed E-state index contributed by atoms with van der Waals surface area (Å²) in [5, 5.41) is 4.86. The molecule has 3 aromatic rings. The van der Waals surface area contributed by atoms with Crippen LogP contribution in [0.25, 0.3) is 10.9 Å². The minimum atomic E-state index is -0.264. The Morgan fingerprint density at radius 1 is 1.17 bits per heavy atom. The zero-order valence-corrected chi connectivity index (χ0v) is 12.1. The molecular formula is C17H13N3O3. The number of hydrogen-bond donors (Lipinski definition) is 2. The van der Waals surface area contributed by atoms with Gasteiger partial charge in [-0.25, -0.2) is 5.43 Å². The van der Waals surface area contributed by atoms with Crippen molar-refractivity contribution >= 4 is 23.0 Å². The molecule has 1 amide bonds. The maximum absolute atomic E-state index is 12.2. The van der Waals surface area contributed by atoms with Crippen molar-refractivity contribution in [2.75, 3.05) is 6.79 Å². The van der Waals surface area contributed by atoms with E-state index in [2.05, 4.69) is 15.5 Å². The van der Waals surface area contributed by atoms with Gasteiger partial charge >= 0.3 is 0 Å². The van der Waals surface area contributed by atoms with E-state index in [-0.39, 0.29) is 12.7 Å². The molecule has 0 saturated heterocycles. The summed E-state index contributed by atoms with van der Waals surface area (Å²) in [5.74, 6) is 1.13. The monoisotopic (exact) mass is 307 g/mol. The third kappa shape index (κ3) is 2.50. The number of benzene rings is 2. The molecule has 0 bridgehead atoms. The summed E-state index contributed by atoms with van der Waals surface area (Å²) in [4.78, 5) is 15.3. The zero-order valence-electron chi connectivity index (χ0n) is 12.1. The summed E-state index contributed by atoms with van der Waals surface area (Å²) in [5.41, 5.74) is 4.82. The highest BCUT2D eigenvalue weighted by Crippen LogP contribution is 2.31. The Kier molecular flexibility index (Phi) is 3.20. The van der Waals surface area contributed by atoms with Crippen LogP contribution in [0.15, 0.2) is 53.8 Å². The summed E-state index contributed by atoms with van der Waals surface area (Å²) in [6, 6.07) is 13.1. The number of aromatic nitrogens is 1. The average Bonchev–Trinajstić information content (AvgIpc) is 3.21. The summed E-state index contributed by atoms with van der Waals surface area (Å²) in [6.45, 7) is 0.229. The number of aromatic amines is 1. The van der Waals surface area contributed by atoms with Crippen LogP contribution in [0.5, 0.6) is 11.5 Å². The van der Waals surface area contributed by atoms with Crippen LogP contribution in [0.4, 0.5) is 0 Å². The molecule has 2 heterocycles. The maximum Gasteiger partial charge on any atom is 0.273 e. The van der Waals surface area contributed by atoms with Gasteiger partial charge in [-0.15, -0.1) is 0 Å². The summed E-state index contributed by atoms with van der Waals surface area (Å²) in [7, 11) is 0. The number of H-pyrrole nitrogens is 1. The summed E-state index contributed by atoms with van der Waals surface area (Å²) >= 11 is 0. The SMILES string of the molecule is O=C(N/N=C/c1ccc2c(c1)OCO2)c1c[nH]c2ccccc12. The van der Waals surface area contributed by atoms with Gasteiger partial charge in [0.1, 0.15) is 0 Å². The van der Waals surface area contributed by atoms with Crippen LogP contribution >= 0.6 is 0 Å². The van der Waals surface area contributed by atoms with Crippen molar-refractivity contribution in [3.05, 3.63) is 59.8 Å². The molecule has 1 aromatic heterocycles. The molecule has 2 aromatic carbocycles. The Hall–Kier alpha value is -3.28. The van der Waals surface area contributed by atoms with Crippen molar-refractivity contribution < 1.29 is 14.3 Å². The highest BCUT2D eigenvalue weighted by atomic mass is 16.7. The molecule has 0 spiro atoms. The van der Waals surface area contributed by atoms with Crippen LogP contribution in [0.1, 0.15) is 15.9 Å². The van der Waals surface area contributed by atoms with Gasteiger partial charge in [-0.1, -0.05) is 18.2 Å².